The van der Waals surface area contributed by atoms with Crippen LogP contribution in [-0.4, -0.2) is 47.4 Å². The molecular weight excluding hydrogens is 452 g/mol. The number of carbonyl (C=O) groups is 3. The van der Waals surface area contributed by atoms with E-state index in [1.54, 1.807) is 12.1 Å². The first kappa shape index (κ1) is 23.8. The van der Waals surface area contributed by atoms with E-state index in [4.69, 9.17) is 9.84 Å². The highest BCUT2D eigenvalue weighted by Gasteiger charge is 2.30. The highest BCUT2D eigenvalue weighted by Crippen LogP contribution is 2.44. The van der Waals surface area contributed by atoms with Crippen LogP contribution in [0.25, 0.3) is 11.1 Å². The van der Waals surface area contributed by atoms with Crippen molar-refractivity contribution >= 4 is 18.0 Å². The minimum absolute atomic E-state index is 0.0593. The number of phenolic OH excluding ortho intramolecular Hbond substituents is 1. The summed E-state index contributed by atoms with van der Waals surface area (Å²) in [5.41, 5.74) is 6.99. The number of carboxylic acid groups (broad SMARTS) is 1. The Morgan fingerprint density at radius 3 is 2.09 bits per heavy atom. The van der Waals surface area contributed by atoms with Gasteiger partial charge in [-0.25, -0.2) is 15.1 Å². The molecule has 0 unspecified atom stereocenters. The number of aromatic hydroxyl groups is 1. The lowest BCUT2D eigenvalue weighted by Gasteiger charge is -2.19. The van der Waals surface area contributed by atoms with Crippen LogP contribution in [0, 0.1) is 0 Å². The number of amides is 2. The topological polar surface area (TPSA) is 134 Å². The maximum absolute atomic E-state index is 12.7. The molecule has 2 amide bonds. The van der Waals surface area contributed by atoms with Gasteiger partial charge < -0.3 is 20.3 Å². The molecule has 35 heavy (non-hydrogen) atoms. The molecule has 0 heterocycles. The van der Waals surface area contributed by atoms with Crippen molar-refractivity contribution in [3.8, 4) is 16.9 Å². The smallest absolute Gasteiger partial charge is 0.407 e. The van der Waals surface area contributed by atoms with Crippen molar-refractivity contribution in [3.63, 3.8) is 0 Å². The third kappa shape index (κ3) is 5.77. The lowest BCUT2D eigenvalue weighted by Crippen LogP contribution is -2.48. The molecule has 0 aliphatic heterocycles. The summed E-state index contributed by atoms with van der Waals surface area (Å²) in [5.74, 6) is -2.09. The molecule has 0 aromatic heterocycles. The number of hydrogen-bond donors (Lipinski definition) is 4. The number of nitrogens with one attached hydrogen (secondary N) is 2. The van der Waals surface area contributed by atoms with Gasteiger partial charge in [0.25, 0.3) is 5.91 Å². The Morgan fingerprint density at radius 1 is 0.886 bits per heavy atom. The fourth-order valence-corrected chi connectivity index (χ4v) is 4.10. The number of carbonyl (C=O) groups excluding carboxylic acids is 2. The molecule has 0 spiro atoms. The van der Waals surface area contributed by atoms with E-state index in [2.05, 4.69) is 10.2 Å². The second-order valence-electron chi connectivity index (χ2n) is 8.04. The molecule has 3 aromatic rings. The third-order valence-electron chi connectivity index (χ3n) is 5.70. The van der Waals surface area contributed by atoms with Crippen LogP contribution in [0.4, 0.5) is 4.79 Å². The standard InChI is InChI=1S/C26H24N2O7/c29-17-11-9-16(10-12-17)13-23(25(32)28-35-15-24(30)31)27-26(33)34-14-22-20-7-3-1-5-18(20)19-6-2-4-8-21(19)22/h1-12,22-23,29H,13-15H2,(H,27,33)(H,28,32)(H,30,31)/t23-/m0/s1. The van der Waals surface area contributed by atoms with Crippen molar-refractivity contribution < 1.29 is 34.2 Å². The minimum atomic E-state index is -1.26. The van der Waals surface area contributed by atoms with Gasteiger partial charge in [0.2, 0.25) is 0 Å². The van der Waals surface area contributed by atoms with Crippen LogP contribution in [0.2, 0.25) is 0 Å². The summed E-state index contributed by atoms with van der Waals surface area (Å²) in [5, 5.41) is 20.7. The monoisotopic (exact) mass is 476 g/mol. The van der Waals surface area contributed by atoms with Crippen LogP contribution in [0.1, 0.15) is 22.6 Å². The molecule has 4 rings (SSSR count). The zero-order valence-corrected chi connectivity index (χ0v) is 18.6. The van der Waals surface area contributed by atoms with Gasteiger partial charge in [-0.1, -0.05) is 60.7 Å². The molecule has 4 N–H and O–H groups in total. The molecule has 180 valence electrons. The molecule has 9 nitrogen and oxygen atoms in total. The lowest BCUT2D eigenvalue weighted by atomic mass is 9.98. The summed E-state index contributed by atoms with van der Waals surface area (Å²) in [4.78, 5) is 40.6. The van der Waals surface area contributed by atoms with Crippen molar-refractivity contribution in [3.05, 3.63) is 89.5 Å². The molecular formula is C26H24N2O7. The molecule has 0 saturated carbocycles. The van der Waals surface area contributed by atoms with Gasteiger partial charge in [0.05, 0.1) is 0 Å². The SMILES string of the molecule is O=C(O)CONC(=O)[C@H](Cc1ccc(O)cc1)NC(=O)OCC1c2ccccc2-c2ccccc21. The first-order valence-corrected chi connectivity index (χ1v) is 10.9. The van der Waals surface area contributed by atoms with E-state index in [0.717, 1.165) is 22.3 Å². The number of hydroxylamine groups is 1. The number of hydrogen-bond acceptors (Lipinski definition) is 6. The van der Waals surface area contributed by atoms with Gasteiger partial charge in [0.1, 0.15) is 18.4 Å². The van der Waals surface area contributed by atoms with E-state index in [1.807, 2.05) is 54.0 Å². The van der Waals surface area contributed by atoms with Gasteiger partial charge in [0.15, 0.2) is 6.61 Å². The van der Waals surface area contributed by atoms with Crippen molar-refractivity contribution in [1.82, 2.24) is 10.8 Å². The summed E-state index contributed by atoms with van der Waals surface area (Å²) in [7, 11) is 0. The molecule has 1 atom stereocenters. The average molecular weight is 476 g/mol. The Bertz CT molecular complexity index is 1180. The molecule has 0 bridgehead atoms. The quantitative estimate of drug-likeness (QED) is 0.349. The number of fused-ring (bicyclic) bond motifs is 3. The first-order chi connectivity index (χ1) is 16.9. The van der Waals surface area contributed by atoms with Gasteiger partial charge in [-0.05, 0) is 39.9 Å². The van der Waals surface area contributed by atoms with Crippen molar-refractivity contribution in [2.24, 2.45) is 0 Å². The third-order valence-corrected chi connectivity index (χ3v) is 5.70. The average Bonchev–Trinajstić information content (AvgIpc) is 3.17. The Hall–Kier alpha value is -4.37. The molecule has 0 fully saturated rings. The summed E-state index contributed by atoms with van der Waals surface area (Å²) in [6.07, 6.45) is -0.740. The summed E-state index contributed by atoms with van der Waals surface area (Å²) in [6, 6.07) is 20.9. The predicted octanol–water partition coefficient (Wildman–Crippen LogP) is 2.97. The van der Waals surface area contributed by atoms with E-state index in [0.29, 0.717) is 5.56 Å². The van der Waals surface area contributed by atoms with Crippen LogP contribution in [-0.2, 0) is 25.6 Å². The maximum Gasteiger partial charge on any atom is 0.407 e. The van der Waals surface area contributed by atoms with Gasteiger partial charge in [-0.15, -0.1) is 0 Å². The molecule has 0 radical (unpaired) electrons. The normalized spacial score (nSPS) is 12.8. The molecule has 3 aromatic carbocycles. The largest absolute Gasteiger partial charge is 0.508 e. The number of aliphatic carboxylic acids is 1. The van der Waals surface area contributed by atoms with E-state index in [1.165, 1.54) is 12.1 Å². The van der Waals surface area contributed by atoms with Gasteiger partial charge >= 0.3 is 12.1 Å². The van der Waals surface area contributed by atoms with Gasteiger partial charge in [-0.2, -0.15) is 0 Å². The van der Waals surface area contributed by atoms with Crippen molar-refractivity contribution in [1.29, 1.82) is 0 Å². The lowest BCUT2D eigenvalue weighted by molar-refractivity contribution is -0.150. The Balaban J connectivity index is 1.43. The maximum atomic E-state index is 12.7. The van der Waals surface area contributed by atoms with Gasteiger partial charge in [0, 0.05) is 12.3 Å². The number of carboxylic acids is 1. The first-order valence-electron chi connectivity index (χ1n) is 10.9. The van der Waals surface area contributed by atoms with Crippen LogP contribution in [0.5, 0.6) is 5.75 Å². The number of ether oxygens (including phenoxy) is 1. The highest BCUT2D eigenvalue weighted by molar-refractivity contribution is 5.85. The predicted molar refractivity (Wildman–Crippen MR) is 126 cm³/mol. The van der Waals surface area contributed by atoms with Crippen LogP contribution < -0.4 is 10.8 Å². The summed E-state index contributed by atoms with van der Waals surface area (Å²) >= 11 is 0. The number of benzene rings is 3. The molecule has 1 aliphatic rings. The summed E-state index contributed by atoms with van der Waals surface area (Å²) in [6.45, 7) is -0.661. The number of phenols is 1. The van der Waals surface area contributed by atoms with Crippen LogP contribution >= 0.6 is 0 Å². The Labute approximate surface area is 201 Å². The van der Waals surface area contributed by atoms with Crippen molar-refractivity contribution in [2.45, 2.75) is 18.4 Å². The van der Waals surface area contributed by atoms with E-state index < -0.39 is 30.6 Å². The van der Waals surface area contributed by atoms with Crippen LogP contribution in [0.15, 0.2) is 72.8 Å². The fraction of sp³-hybridized carbons (Fsp3) is 0.192. The van der Waals surface area contributed by atoms with Gasteiger partial charge in [-0.3, -0.25) is 9.63 Å². The van der Waals surface area contributed by atoms with Crippen molar-refractivity contribution in [2.75, 3.05) is 13.2 Å². The number of alkyl carbamates (subject to hydrolysis) is 1. The highest BCUT2D eigenvalue weighted by atomic mass is 16.7. The molecule has 1 aliphatic carbocycles. The zero-order chi connectivity index (χ0) is 24.8. The Kier molecular flexibility index (Phi) is 7.27. The fourth-order valence-electron chi connectivity index (χ4n) is 4.10. The summed E-state index contributed by atoms with van der Waals surface area (Å²) < 4.78 is 5.51. The number of rotatable bonds is 9. The molecule has 0 saturated heterocycles. The second-order valence-corrected chi connectivity index (χ2v) is 8.04. The van der Waals surface area contributed by atoms with E-state index in [9.17, 15) is 19.5 Å². The zero-order valence-electron chi connectivity index (χ0n) is 18.6. The van der Waals surface area contributed by atoms with Crippen LogP contribution in [0.3, 0.4) is 0 Å². The minimum Gasteiger partial charge on any atom is -0.508 e. The molecule has 9 heteroatoms. The second kappa shape index (κ2) is 10.7. The van der Waals surface area contributed by atoms with E-state index >= 15 is 0 Å². The Morgan fingerprint density at radius 2 is 1.49 bits per heavy atom. The van der Waals surface area contributed by atoms with E-state index in [-0.39, 0.29) is 24.7 Å².